The summed E-state index contributed by atoms with van der Waals surface area (Å²) in [5.41, 5.74) is 0. The number of likely N-dealkylation sites (tertiary alicyclic amines) is 1. The Bertz CT molecular complexity index is 543. The van der Waals surface area contributed by atoms with Gasteiger partial charge in [-0.15, -0.1) is 0 Å². The van der Waals surface area contributed by atoms with Gasteiger partial charge in [0.05, 0.1) is 19.8 Å². The molecule has 1 fully saturated rings. The number of nitrogens with zero attached hydrogens (tertiary/aromatic N) is 2. The number of benzene rings is 1. The summed E-state index contributed by atoms with van der Waals surface area (Å²) in [5.74, 6) is 2.47. The lowest BCUT2D eigenvalue weighted by Gasteiger charge is -2.29. The molecule has 1 heterocycles. The van der Waals surface area contributed by atoms with Crippen LogP contribution in [0.15, 0.2) is 29.3 Å². The summed E-state index contributed by atoms with van der Waals surface area (Å²) >= 11 is 0. The lowest BCUT2D eigenvalue weighted by atomic mass is 10.1. The van der Waals surface area contributed by atoms with E-state index >= 15 is 0 Å². The second-order valence-electron chi connectivity index (χ2n) is 6.64. The highest BCUT2D eigenvalue weighted by Crippen LogP contribution is 2.16. The van der Waals surface area contributed by atoms with Crippen LogP contribution >= 0.6 is 0 Å². The highest BCUT2D eigenvalue weighted by molar-refractivity contribution is 5.79. The third-order valence-corrected chi connectivity index (χ3v) is 4.53. The quantitative estimate of drug-likeness (QED) is 0.325. The minimum absolute atomic E-state index is 0.107. The molecule has 27 heavy (non-hydrogen) atoms. The van der Waals surface area contributed by atoms with Crippen molar-refractivity contribution in [2.45, 2.75) is 32.3 Å². The van der Waals surface area contributed by atoms with Crippen molar-refractivity contribution >= 4 is 5.96 Å². The maximum absolute atomic E-state index is 9.55. The van der Waals surface area contributed by atoms with Gasteiger partial charge in [0.1, 0.15) is 18.1 Å². The Labute approximate surface area is 162 Å². The van der Waals surface area contributed by atoms with Gasteiger partial charge in [-0.1, -0.05) is 0 Å². The van der Waals surface area contributed by atoms with Crippen LogP contribution in [0.2, 0.25) is 0 Å². The van der Waals surface area contributed by atoms with Crippen molar-refractivity contribution in [3.63, 3.8) is 0 Å². The molecule has 0 saturated carbocycles. The minimum Gasteiger partial charge on any atom is -0.497 e. The lowest BCUT2D eigenvalue weighted by Crippen LogP contribution is -2.39. The van der Waals surface area contributed by atoms with Gasteiger partial charge in [0.2, 0.25) is 0 Å². The summed E-state index contributed by atoms with van der Waals surface area (Å²) < 4.78 is 10.9. The van der Waals surface area contributed by atoms with Crippen LogP contribution in [-0.2, 0) is 0 Å². The van der Waals surface area contributed by atoms with Crippen LogP contribution < -0.4 is 20.1 Å². The van der Waals surface area contributed by atoms with Gasteiger partial charge < -0.3 is 30.1 Å². The predicted molar refractivity (Wildman–Crippen MR) is 109 cm³/mol. The van der Waals surface area contributed by atoms with Crippen molar-refractivity contribution in [2.24, 2.45) is 4.99 Å². The molecule has 0 aliphatic carbocycles. The number of aliphatic imine (C=N–C) groups is 1. The Balaban J connectivity index is 1.62. The van der Waals surface area contributed by atoms with E-state index in [1.54, 1.807) is 7.11 Å². The van der Waals surface area contributed by atoms with E-state index < -0.39 is 0 Å². The third kappa shape index (κ3) is 8.49. The number of aliphatic hydroxyl groups excluding tert-OH is 1. The number of hydrogen-bond acceptors (Lipinski definition) is 5. The third-order valence-electron chi connectivity index (χ3n) is 4.53. The molecular formula is C20H34N4O3. The van der Waals surface area contributed by atoms with Crippen LogP contribution in [0.4, 0.5) is 0 Å². The molecule has 0 bridgehead atoms. The van der Waals surface area contributed by atoms with Crippen LogP contribution in [-0.4, -0.2) is 75.1 Å². The molecule has 1 aromatic rings. The SMILES string of the molecule is CCNC(=NCCCN1CCC(O)CC1)NCCOc1ccc(OC)cc1. The predicted octanol–water partition coefficient (Wildman–Crippen LogP) is 1.48. The largest absolute Gasteiger partial charge is 0.497 e. The van der Waals surface area contributed by atoms with Gasteiger partial charge in [0.25, 0.3) is 0 Å². The number of guanidine groups is 1. The fraction of sp³-hybridized carbons (Fsp3) is 0.650. The molecule has 1 aromatic carbocycles. The highest BCUT2D eigenvalue weighted by Gasteiger charge is 2.15. The molecule has 0 aromatic heterocycles. The van der Waals surface area contributed by atoms with Crippen molar-refractivity contribution in [1.29, 1.82) is 0 Å². The van der Waals surface area contributed by atoms with E-state index in [2.05, 4.69) is 27.4 Å². The van der Waals surface area contributed by atoms with E-state index in [0.29, 0.717) is 13.2 Å². The maximum Gasteiger partial charge on any atom is 0.191 e. The maximum atomic E-state index is 9.55. The molecule has 7 nitrogen and oxygen atoms in total. The summed E-state index contributed by atoms with van der Waals surface area (Å²) in [7, 11) is 1.65. The van der Waals surface area contributed by atoms with E-state index in [1.807, 2.05) is 24.3 Å². The molecule has 0 unspecified atom stereocenters. The molecule has 3 N–H and O–H groups in total. The zero-order chi connectivity index (χ0) is 19.3. The number of piperidine rings is 1. The summed E-state index contributed by atoms with van der Waals surface area (Å²) in [5, 5.41) is 16.1. The fourth-order valence-corrected chi connectivity index (χ4v) is 2.98. The van der Waals surface area contributed by atoms with Gasteiger partial charge in [0.15, 0.2) is 5.96 Å². The van der Waals surface area contributed by atoms with Gasteiger partial charge >= 0.3 is 0 Å². The smallest absolute Gasteiger partial charge is 0.191 e. The number of rotatable bonds is 10. The van der Waals surface area contributed by atoms with Gasteiger partial charge in [0, 0.05) is 26.2 Å². The summed E-state index contributed by atoms with van der Waals surface area (Å²) in [6.07, 6.45) is 2.70. The summed E-state index contributed by atoms with van der Waals surface area (Å²) in [6.45, 7) is 7.94. The first kappa shape index (κ1) is 21.3. The first-order valence-electron chi connectivity index (χ1n) is 9.90. The highest BCUT2D eigenvalue weighted by atomic mass is 16.5. The van der Waals surface area contributed by atoms with Crippen molar-refractivity contribution in [1.82, 2.24) is 15.5 Å². The van der Waals surface area contributed by atoms with Crippen molar-refractivity contribution in [3.8, 4) is 11.5 Å². The monoisotopic (exact) mass is 378 g/mol. The van der Waals surface area contributed by atoms with Crippen molar-refractivity contribution in [2.75, 3.05) is 53.0 Å². The Kier molecular flexibility index (Phi) is 9.79. The normalized spacial score (nSPS) is 16.2. The van der Waals surface area contributed by atoms with Crippen LogP contribution in [0, 0.1) is 0 Å². The summed E-state index contributed by atoms with van der Waals surface area (Å²) in [6, 6.07) is 7.57. The molecule has 0 spiro atoms. The van der Waals surface area contributed by atoms with Crippen molar-refractivity contribution in [3.05, 3.63) is 24.3 Å². The molecule has 2 rings (SSSR count). The second kappa shape index (κ2) is 12.4. The van der Waals surface area contributed by atoms with E-state index in [0.717, 1.165) is 69.4 Å². The molecular weight excluding hydrogens is 344 g/mol. The molecule has 0 amide bonds. The number of ether oxygens (including phenoxy) is 2. The molecule has 1 aliphatic rings. The minimum atomic E-state index is -0.107. The standard InChI is InChI=1S/C20H34N4O3/c1-3-21-20(22-11-4-13-24-14-9-17(25)10-15-24)23-12-16-27-19-7-5-18(26-2)6-8-19/h5-8,17,25H,3-4,9-16H2,1-2H3,(H2,21,22,23). The Morgan fingerprint density at radius 3 is 2.56 bits per heavy atom. The average Bonchev–Trinajstić information content (AvgIpc) is 2.70. The van der Waals surface area contributed by atoms with E-state index in [1.165, 1.54) is 0 Å². The van der Waals surface area contributed by atoms with Gasteiger partial charge in [-0.3, -0.25) is 4.99 Å². The number of nitrogens with one attached hydrogen (secondary N) is 2. The molecule has 0 atom stereocenters. The second-order valence-corrected chi connectivity index (χ2v) is 6.64. The molecule has 0 radical (unpaired) electrons. The van der Waals surface area contributed by atoms with Gasteiger partial charge in [-0.2, -0.15) is 0 Å². The Morgan fingerprint density at radius 2 is 1.89 bits per heavy atom. The molecule has 7 heteroatoms. The molecule has 1 saturated heterocycles. The number of methoxy groups -OCH3 is 1. The lowest BCUT2D eigenvalue weighted by molar-refractivity contribution is 0.0824. The number of hydrogen-bond donors (Lipinski definition) is 3. The molecule has 152 valence electrons. The Morgan fingerprint density at radius 1 is 1.19 bits per heavy atom. The molecule has 1 aliphatic heterocycles. The van der Waals surface area contributed by atoms with Gasteiger partial charge in [-0.25, -0.2) is 0 Å². The van der Waals surface area contributed by atoms with Crippen LogP contribution in [0.5, 0.6) is 11.5 Å². The van der Waals surface area contributed by atoms with Crippen molar-refractivity contribution < 1.29 is 14.6 Å². The van der Waals surface area contributed by atoms with Gasteiger partial charge in [-0.05, 0) is 57.0 Å². The van der Waals surface area contributed by atoms with E-state index in [9.17, 15) is 5.11 Å². The zero-order valence-corrected chi connectivity index (χ0v) is 16.6. The van der Waals surface area contributed by atoms with Crippen LogP contribution in [0.1, 0.15) is 26.2 Å². The first-order chi connectivity index (χ1) is 13.2. The topological polar surface area (TPSA) is 78.4 Å². The average molecular weight is 379 g/mol. The van der Waals surface area contributed by atoms with Crippen LogP contribution in [0.25, 0.3) is 0 Å². The van der Waals surface area contributed by atoms with E-state index in [4.69, 9.17) is 9.47 Å². The van der Waals surface area contributed by atoms with E-state index in [-0.39, 0.29) is 6.10 Å². The fourth-order valence-electron chi connectivity index (χ4n) is 2.98. The summed E-state index contributed by atoms with van der Waals surface area (Å²) in [4.78, 5) is 7.03. The number of aliphatic hydroxyl groups is 1. The first-order valence-corrected chi connectivity index (χ1v) is 9.90. The van der Waals surface area contributed by atoms with Crippen LogP contribution in [0.3, 0.4) is 0 Å². The zero-order valence-electron chi connectivity index (χ0n) is 16.6. The Hall–Kier alpha value is -1.99.